The van der Waals surface area contributed by atoms with E-state index in [1.54, 1.807) is 19.1 Å². The number of phenols is 1. The van der Waals surface area contributed by atoms with Crippen LogP contribution in [0.4, 0.5) is 10.8 Å². The molecule has 0 aliphatic heterocycles. The van der Waals surface area contributed by atoms with Gasteiger partial charge < -0.3 is 16.2 Å². The normalized spacial score (nSPS) is 10.2. The van der Waals surface area contributed by atoms with E-state index in [1.165, 1.54) is 12.1 Å². The van der Waals surface area contributed by atoms with E-state index in [-0.39, 0.29) is 11.7 Å². The fourth-order valence-electron chi connectivity index (χ4n) is 1.40. The predicted molar refractivity (Wildman–Crippen MR) is 67.3 cm³/mol. The first kappa shape index (κ1) is 11.4. The minimum Gasteiger partial charge on any atom is -0.508 e. The zero-order chi connectivity index (χ0) is 12.4. The molecule has 0 saturated heterocycles. The Kier molecular flexibility index (Phi) is 2.97. The molecule has 0 atom stereocenters. The number of nitrogen functional groups attached to an aromatic ring is 1. The molecule has 0 aliphatic rings. The Balaban J connectivity index is 2.20. The standard InChI is InChI=1S/C11H11N3O2S/c1-6-9(17-11(12)13-6)10(16)14-7-3-2-4-8(15)5-7/h2-5,15H,1H3,(H2,12,13)(H,14,16). The van der Waals surface area contributed by atoms with Gasteiger partial charge in [0.1, 0.15) is 10.6 Å². The average molecular weight is 249 g/mol. The van der Waals surface area contributed by atoms with E-state index < -0.39 is 0 Å². The number of nitrogens with two attached hydrogens (primary N) is 1. The van der Waals surface area contributed by atoms with Crippen LogP contribution in [0.1, 0.15) is 15.4 Å². The first-order chi connectivity index (χ1) is 8.06. The number of aromatic hydroxyl groups is 1. The molecule has 2 rings (SSSR count). The predicted octanol–water partition coefficient (Wildman–Crippen LogP) is 1.99. The molecule has 17 heavy (non-hydrogen) atoms. The Hall–Kier alpha value is -2.08. The Morgan fingerprint density at radius 2 is 2.29 bits per heavy atom. The molecule has 0 fully saturated rings. The summed E-state index contributed by atoms with van der Waals surface area (Å²) in [7, 11) is 0. The van der Waals surface area contributed by atoms with Gasteiger partial charge in [-0.1, -0.05) is 17.4 Å². The number of rotatable bonds is 2. The molecule has 1 amide bonds. The van der Waals surface area contributed by atoms with Crippen molar-refractivity contribution in [3.63, 3.8) is 0 Å². The highest BCUT2D eigenvalue weighted by molar-refractivity contribution is 7.17. The van der Waals surface area contributed by atoms with Gasteiger partial charge in [-0.2, -0.15) is 0 Å². The summed E-state index contributed by atoms with van der Waals surface area (Å²) in [5.41, 5.74) is 6.65. The van der Waals surface area contributed by atoms with E-state index >= 15 is 0 Å². The summed E-state index contributed by atoms with van der Waals surface area (Å²) in [6.07, 6.45) is 0. The molecule has 5 nitrogen and oxygen atoms in total. The summed E-state index contributed by atoms with van der Waals surface area (Å²) in [6, 6.07) is 6.35. The molecule has 0 bridgehead atoms. The molecule has 0 spiro atoms. The highest BCUT2D eigenvalue weighted by Gasteiger charge is 2.14. The number of anilines is 2. The Labute approximate surface area is 102 Å². The lowest BCUT2D eigenvalue weighted by atomic mass is 10.3. The third-order valence-electron chi connectivity index (χ3n) is 2.12. The van der Waals surface area contributed by atoms with Gasteiger partial charge >= 0.3 is 0 Å². The summed E-state index contributed by atoms with van der Waals surface area (Å²) < 4.78 is 0. The summed E-state index contributed by atoms with van der Waals surface area (Å²) in [5.74, 6) is -0.175. The van der Waals surface area contributed by atoms with Gasteiger partial charge in [0, 0.05) is 11.8 Å². The van der Waals surface area contributed by atoms with Crippen LogP contribution in [0.15, 0.2) is 24.3 Å². The second-order valence-electron chi connectivity index (χ2n) is 3.47. The van der Waals surface area contributed by atoms with Crippen LogP contribution in [0.5, 0.6) is 5.75 Å². The molecule has 6 heteroatoms. The van der Waals surface area contributed by atoms with E-state index in [1.807, 2.05) is 0 Å². The molecule has 0 radical (unpaired) electrons. The molecule has 1 aromatic carbocycles. The summed E-state index contributed by atoms with van der Waals surface area (Å²) in [6.45, 7) is 1.73. The van der Waals surface area contributed by atoms with Crippen molar-refractivity contribution in [1.82, 2.24) is 4.98 Å². The number of hydrogen-bond donors (Lipinski definition) is 3. The number of phenolic OH excluding ortho intramolecular Hbond substituents is 1. The number of thiazole rings is 1. The number of aromatic nitrogens is 1. The maximum absolute atomic E-state index is 11.9. The molecular weight excluding hydrogens is 238 g/mol. The van der Waals surface area contributed by atoms with Gasteiger partial charge in [-0.05, 0) is 19.1 Å². The van der Waals surface area contributed by atoms with E-state index in [9.17, 15) is 9.90 Å². The van der Waals surface area contributed by atoms with E-state index in [2.05, 4.69) is 10.3 Å². The van der Waals surface area contributed by atoms with Crippen molar-refractivity contribution in [3.8, 4) is 5.75 Å². The largest absolute Gasteiger partial charge is 0.508 e. The fourth-order valence-corrected chi connectivity index (χ4v) is 2.13. The number of aryl methyl sites for hydroxylation is 1. The number of amides is 1. The van der Waals surface area contributed by atoms with Crippen molar-refractivity contribution < 1.29 is 9.90 Å². The SMILES string of the molecule is Cc1nc(N)sc1C(=O)Nc1cccc(O)c1. The van der Waals surface area contributed by atoms with Gasteiger partial charge in [-0.15, -0.1) is 0 Å². The maximum atomic E-state index is 11.9. The van der Waals surface area contributed by atoms with Crippen molar-refractivity contribution in [2.75, 3.05) is 11.1 Å². The lowest BCUT2D eigenvalue weighted by molar-refractivity contribution is 0.103. The zero-order valence-electron chi connectivity index (χ0n) is 9.10. The van der Waals surface area contributed by atoms with E-state index in [4.69, 9.17) is 5.73 Å². The van der Waals surface area contributed by atoms with Crippen molar-refractivity contribution in [3.05, 3.63) is 34.8 Å². The Morgan fingerprint density at radius 3 is 2.88 bits per heavy atom. The van der Waals surface area contributed by atoms with E-state index in [0.29, 0.717) is 21.4 Å². The third-order valence-corrected chi connectivity index (χ3v) is 3.11. The monoisotopic (exact) mass is 249 g/mol. The van der Waals surface area contributed by atoms with Crippen LogP contribution >= 0.6 is 11.3 Å². The number of nitrogens with zero attached hydrogens (tertiary/aromatic N) is 1. The van der Waals surface area contributed by atoms with Gasteiger partial charge in [0.15, 0.2) is 5.13 Å². The number of hydrogen-bond acceptors (Lipinski definition) is 5. The number of carbonyl (C=O) groups excluding carboxylic acids is 1. The minimum atomic E-state index is -0.276. The van der Waals surface area contributed by atoms with Crippen LogP contribution in [-0.4, -0.2) is 16.0 Å². The second kappa shape index (κ2) is 4.42. The molecule has 1 heterocycles. The average Bonchev–Trinajstić information content (AvgIpc) is 2.58. The van der Waals surface area contributed by atoms with Crippen LogP contribution in [0.3, 0.4) is 0 Å². The van der Waals surface area contributed by atoms with Crippen molar-refractivity contribution in [2.24, 2.45) is 0 Å². The molecule has 88 valence electrons. The van der Waals surface area contributed by atoms with Crippen molar-refractivity contribution in [2.45, 2.75) is 6.92 Å². The molecule has 0 aliphatic carbocycles. The number of benzene rings is 1. The third kappa shape index (κ3) is 2.54. The highest BCUT2D eigenvalue weighted by Crippen LogP contribution is 2.22. The Morgan fingerprint density at radius 1 is 1.53 bits per heavy atom. The molecule has 2 aromatic rings. The summed E-state index contributed by atoms with van der Waals surface area (Å²) in [5, 5.41) is 12.3. The summed E-state index contributed by atoms with van der Waals surface area (Å²) >= 11 is 1.14. The van der Waals surface area contributed by atoms with Crippen LogP contribution in [0.25, 0.3) is 0 Å². The second-order valence-corrected chi connectivity index (χ2v) is 4.50. The van der Waals surface area contributed by atoms with Crippen LogP contribution in [0.2, 0.25) is 0 Å². The maximum Gasteiger partial charge on any atom is 0.267 e. The lowest BCUT2D eigenvalue weighted by Gasteiger charge is -2.03. The quantitative estimate of drug-likeness (QED) is 0.759. The Bertz CT molecular complexity index is 566. The van der Waals surface area contributed by atoms with Crippen molar-refractivity contribution in [1.29, 1.82) is 0 Å². The van der Waals surface area contributed by atoms with Crippen LogP contribution < -0.4 is 11.1 Å². The molecular formula is C11H11N3O2S. The highest BCUT2D eigenvalue weighted by atomic mass is 32.1. The summed E-state index contributed by atoms with van der Waals surface area (Å²) in [4.78, 5) is 16.3. The molecule has 0 saturated carbocycles. The van der Waals surface area contributed by atoms with E-state index in [0.717, 1.165) is 11.3 Å². The first-order valence-corrected chi connectivity index (χ1v) is 5.71. The molecule has 1 aromatic heterocycles. The zero-order valence-corrected chi connectivity index (χ0v) is 9.91. The van der Waals surface area contributed by atoms with Crippen molar-refractivity contribution >= 4 is 28.1 Å². The van der Waals surface area contributed by atoms with Gasteiger partial charge in [-0.25, -0.2) is 4.98 Å². The molecule has 0 unspecified atom stereocenters. The topological polar surface area (TPSA) is 88.2 Å². The minimum absolute atomic E-state index is 0.100. The number of nitrogens with one attached hydrogen (secondary N) is 1. The van der Waals surface area contributed by atoms with Gasteiger partial charge in [-0.3, -0.25) is 4.79 Å². The number of carbonyl (C=O) groups is 1. The first-order valence-electron chi connectivity index (χ1n) is 4.89. The lowest BCUT2D eigenvalue weighted by Crippen LogP contribution is -2.11. The van der Waals surface area contributed by atoms with Gasteiger partial charge in [0.2, 0.25) is 0 Å². The smallest absolute Gasteiger partial charge is 0.267 e. The fraction of sp³-hybridized carbons (Fsp3) is 0.0909. The molecule has 4 N–H and O–H groups in total. The van der Waals surface area contributed by atoms with Gasteiger partial charge in [0.25, 0.3) is 5.91 Å². The van der Waals surface area contributed by atoms with Gasteiger partial charge in [0.05, 0.1) is 5.69 Å². The van der Waals surface area contributed by atoms with Crippen LogP contribution in [0, 0.1) is 6.92 Å². The van der Waals surface area contributed by atoms with Crippen LogP contribution in [-0.2, 0) is 0 Å².